The second kappa shape index (κ2) is 4.94. The molecule has 0 atom stereocenters. The summed E-state index contributed by atoms with van der Waals surface area (Å²) in [7, 11) is 2.18. The van der Waals surface area contributed by atoms with Crippen LogP contribution in [-0.4, -0.2) is 41.9 Å². The second-order valence-electron chi connectivity index (χ2n) is 6.13. The van der Waals surface area contributed by atoms with Crippen LogP contribution >= 0.6 is 0 Å². The molecule has 0 aliphatic carbocycles. The van der Waals surface area contributed by atoms with E-state index in [1.807, 2.05) is 12.1 Å². The van der Waals surface area contributed by atoms with Gasteiger partial charge < -0.3 is 16.0 Å². The third-order valence-corrected chi connectivity index (χ3v) is 4.35. The standard InChI is InChI=1S/C14H21N5O/c1-14(5-7-19(2)8-6-14)9-16-11-4-3-10(15)12-13(11)18-20-17-12/h3-4,16H,5-9,15H2,1-2H3. The van der Waals surface area contributed by atoms with E-state index in [2.05, 4.69) is 34.5 Å². The van der Waals surface area contributed by atoms with Gasteiger partial charge in [-0.1, -0.05) is 6.92 Å². The average molecular weight is 275 g/mol. The van der Waals surface area contributed by atoms with E-state index in [-0.39, 0.29) is 0 Å². The topological polar surface area (TPSA) is 80.2 Å². The van der Waals surface area contributed by atoms with Crippen LogP contribution < -0.4 is 11.1 Å². The van der Waals surface area contributed by atoms with Crippen LogP contribution in [0.15, 0.2) is 16.8 Å². The summed E-state index contributed by atoms with van der Waals surface area (Å²) in [5.74, 6) is 0. The largest absolute Gasteiger partial charge is 0.397 e. The van der Waals surface area contributed by atoms with Crippen molar-refractivity contribution in [1.29, 1.82) is 0 Å². The van der Waals surface area contributed by atoms with Gasteiger partial charge in [-0.05, 0) is 60.8 Å². The van der Waals surface area contributed by atoms with Crippen molar-refractivity contribution in [3.8, 4) is 0 Å². The lowest BCUT2D eigenvalue weighted by Gasteiger charge is -2.38. The molecule has 1 aromatic carbocycles. The summed E-state index contributed by atoms with van der Waals surface area (Å²) >= 11 is 0. The van der Waals surface area contributed by atoms with Gasteiger partial charge in [0.2, 0.25) is 0 Å². The molecule has 0 spiro atoms. The van der Waals surface area contributed by atoms with Gasteiger partial charge in [0, 0.05) is 6.54 Å². The highest BCUT2D eigenvalue weighted by atomic mass is 16.6. The van der Waals surface area contributed by atoms with Crippen molar-refractivity contribution in [2.75, 3.05) is 37.7 Å². The van der Waals surface area contributed by atoms with Gasteiger partial charge >= 0.3 is 0 Å². The molecule has 108 valence electrons. The van der Waals surface area contributed by atoms with Crippen LogP contribution in [0.2, 0.25) is 0 Å². The van der Waals surface area contributed by atoms with Gasteiger partial charge in [-0.2, -0.15) is 0 Å². The molecule has 0 bridgehead atoms. The number of likely N-dealkylation sites (tertiary alicyclic amines) is 1. The maximum Gasteiger partial charge on any atom is 0.160 e. The zero-order valence-corrected chi connectivity index (χ0v) is 12.0. The lowest BCUT2D eigenvalue weighted by atomic mass is 9.80. The van der Waals surface area contributed by atoms with E-state index >= 15 is 0 Å². The van der Waals surface area contributed by atoms with Gasteiger partial charge in [0.25, 0.3) is 0 Å². The number of piperidine rings is 1. The summed E-state index contributed by atoms with van der Waals surface area (Å²) in [5.41, 5.74) is 9.04. The predicted molar refractivity (Wildman–Crippen MR) is 79.5 cm³/mol. The van der Waals surface area contributed by atoms with E-state index in [0.29, 0.717) is 22.1 Å². The highest BCUT2D eigenvalue weighted by molar-refractivity contribution is 5.94. The van der Waals surface area contributed by atoms with Crippen LogP contribution in [0.3, 0.4) is 0 Å². The first kappa shape index (κ1) is 13.2. The van der Waals surface area contributed by atoms with Gasteiger partial charge in [0.15, 0.2) is 11.0 Å². The fourth-order valence-electron chi connectivity index (χ4n) is 2.67. The Balaban J connectivity index is 1.74. The molecule has 0 radical (unpaired) electrons. The van der Waals surface area contributed by atoms with Crippen molar-refractivity contribution in [2.45, 2.75) is 19.8 Å². The van der Waals surface area contributed by atoms with Gasteiger partial charge in [-0.15, -0.1) is 0 Å². The number of nitrogens with two attached hydrogens (primary N) is 1. The molecule has 0 unspecified atom stereocenters. The van der Waals surface area contributed by atoms with Crippen molar-refractivity contribution in [3.05, 3.63) is 12.1 Å². The molecule has 3 rings (SSSR count). The zero-order valence-electron chi connectivity index (χ0n) is 12.0. The molecule has 2 heterocycles. The Labute approximate surface area is 118 Å². The molecule has 20 heavy (non-hydrogen) atoms. The Kier molecular flexibility index (Phi) is 3.25. The maximum atomic E-state index is 5.85. The number of nitrogen functional groups attached to an aromatic ring is 1. The van der Waals surface area contributed by atoms with Crippen LogP contribution in [0.1, 0.15) is 19.8 Å². The normalized spacial score (nSPS) is 19.3. The van der Waals surface area contributed by atoms with Crippen LogP contribution in [0.25, 0.3) is 11.0 Å². The fraction of sp³-hybridized carbons (Fsp3) is 0.571. The third-order valence-electron chi connectivity index (χ3n) is 4.35. The van der Waals surface area contributed by atoms with Gasteiger partial charge in [0.05, 0.1) is 11.4 Å². The first-order chi connectivity index (χ1) is 9.57. The molecular formula is C14H21N5O. The predicted octanol–water partition coefficient (Wildman–Crippen LogP) is 1.95. The first-order valence-corrected chi connectivity index (χ1v) is 7.01. The molecule has 0 amide bonds. The molecule has 6 heteroatoms. The van der Waals surface area contributed by atoms with E-state index in [4.69, 9.17) is 10.4 Å². The van der Waals surface area contributed by atoms with Crippen LogP contribution in [0.5, 0.6) is 0 Å². The number of rotatable bonds is 3. The number of hydrogen-bond donors (Lipinski definition) is 2. The lowest BCUT2D eigenvalue weighted by Crippen LogP contribution is -2.40. The number of benzene rings is 1. The molecule has 0 saturated carbocycles. The number of anilines is 2. The van der Waals surface area contributed by atoms with Gasteiger partial charge in [-0.25, -0.2) is 4.63 Å². The Bertz CT molecular complexity index is 601. The van der Waals surface area contributed by atoms with Crippen LogP contribution in [0.4, 0.5) is 11.4 Å². The molecule has 1 aliphatic heterocycles. The maximum absolute atomic E-state index is 5.85. The summed E-state index contributed by atoms with van der Waals surface area (Å²) in [6, 6.07) is 3.78. The van der Waals surface area contributed by atoms with Crippen molar-refractivity contribution in [1.82, 2.24) is 15.2 Å². The lowest BCUT2D eigenvalue weighted by molar-refractivity contribution is 0.150. The molecule has 2 aromatic rings. The smallest absolute Gasteiger partial charge is 0.160 e. The summed E-state index contributed by atoms with van der Waals surface area (Å²) in [5, 5.41) is 11.3. The highest BCUT2D eigenvalue weighted by Crippen LogP contribution is 2.32. The van der Waals surface area contributed by atoms with Crippen molar-refractivity contribution >= 4 is 22.4 Å². The average Bonchev–Trinajstić information content (AvgIpc) is 2.92. The SMILES string of the molecule is CN1CCC(C)(CNc2ccc(N)c3nonc23)CC1. The first-order valence-electron chi connectivity index (χ1n) is 7.01. The van der Waals surface area contributed by atoms with E-state index < -0.39 is 0 Å². The molecule has 1 fully saturated rings. The van der Waals surface area contributed by atoms with Crippen molar-refractivity contribution < 1.29 is 4.63 Å². The van der Waals surface area contributed by atoms with E-state index in [0.717, 1.165) is 25.3 Å². The van der Waals surface area contributed by atoms with Gasteiger partial charge in [-0.3, -0.25) is 0 Å². The molecular weight excluding hydrogens is 254 g/mol. The van der Waals surface area contributed by atoms with E-state index in [9.17, 15) is 0 Å². The minimum Gasteiger partial charge on any atom is -0.397 e. The Morgan fingerprint density at radius 1 is 1.30 bits per heavy atom. The monoisotopic (exact) mass is 275 g/mol. The number of nitrogens with one attached hydrogen (secondary N) is 1. The summed E-state index contributed by atoms with van der Waals surface area (Å²) in [4.78, 5) is 2.38. The Hall–Kier alpha value is -1.82. The number of aromatic nitrogens is 2. The van der Waals surface area contributed by atoms with Gasteiger partial charge in [0.1, 0.15) is 0 Å². The van der Waals surface area contributed by atoms with Crippen LogP contribution in [0, 0.1) is 5.41 Å². The number of hydrogen-bond acceptors (Lipinski definition) is 6. The zero-order chi connectivity index (χ0) is 14.2. The molecule has 3 N–H and O–H groups in total. The minimum absolute atomic E-state index is 0.317. The number of nitrogens with zero attached hydrogens (tertiary/aromatic N) is 3. The van der Waals surface area contributed by atoms with Crippen LogP contribution in [-0.2, 0) is 0 Å². The van der Waals surface area contributed by atoms with E-state index in [1.165, 1.54) is 12.8 Å². The molecule has 1 saturated heterocycles. The summed E-state index contributed by atoms with van der Waals surface area (Å²) < 4.78 is 4.79. The summed E-state index contributed by atoms with van der Waals surface area (Å²) in [6.07, 6.45) is 2.40. The Morgan fingerprint density at radius 3 is 2.75 bits per heavy atom. The van der Waals surface area contributed by atoms with E-state index in [1.54, 1.807) is 0 Å². The highest BCUT2D eigenvalue weighted by Gasteiger charge is 2.28. The van der Waals surface area contributed by atoms with Crippen molar-refractivity contribution in [3.63, 3.8) is 0 Å². The third kappa shape index (κ3) is 2.43. The quantitative estimate of drug-likeness (QED) is 0.833. The summed E-state index contributed by atoms with van der Waals surface area (Å²) in [6.45, 7) is 5.57. The second-order valence-corrected chi connectivity index (χ2v) is 6.13. The fourth-order valence-corrected chi connectivity index (χ4v) is 2.67. The Morgan fingerprint density at radius 2 is 2.00 bits per heavy atom. The molecule has 6 nitrogen and oxygen atoms in total. The minimum atomic E-state index is 0.317. The number of fused-ring (bicyclic) bond motifs is 1. The molecule has 1 aliphatic rings. The van der Waals surface area contributed by atoms with Crippen molar-refractivity contribution in [2.24, 2.45) is 5.41 Å². The molecule has 1 aromatic heterocycles.